The molecule has 0 saturated carbocycles. The number of H-pyrrole nitrogens is 1. The van der Waals surface area contributed by atoms with E-state index in [4.69, 9.17) is 4.74 Å². The van der Waals surface area contributed by atoms with Gasteiger partial charge in [-0.25, -0.2) is 4.98 Å². The van der Waals surface area contributed by atoms with Gasteiger partial charge in [0, 0.05) is 48.0 Å². The molecule has 5 rings (SSSR count). The number of aromatic amines is 1. The zero-order chi connectivity index (χ0) is 23.7. The minimum absolute atomic E-state index is 0.0448. The maximum Gasteiger partial charge on any atom is 0.417 e. The van der Waals surface area contributed by atoms with Crippen LogP contribution in [-0.2, 0) is 6.18 Å². The Morgan fingerprint density at radius 1 is 1.00 bits per heavy atom. The third-order valence-electron chi connectivity index (χ3n) is 6.23. The maximum absolute atomic E-state index is 13.0. The molecule has 4 aromatic rings. The molecule has 1 N–H and O–H groups in total. The summed E-state index contributed by atoms with van der Waals surface area (Å²) in [6.07, 6.45) is 0.157. The van der Waals surface area contributed by atoms with E-state index in [0.717, 1.165) is 30.6 Å². The molecule has 34 heavy (non-hydrogen) atoms. The van der Waals surface area contributed by atoms with Gasteiger partial charge in [-0.3, -0.25) is 4.79 Å². The fourth-order valence-corrected chi connectivity index (χ4v) is 4.40. The lowest BCUT2D eigenvalue weighted by molar-refractivity contribution is -0.137. The van der Waals surface area contributed by atoms with Crippen LogP contribution in [0.25, 0.3) is 10.9 Å². The van der Waals surface area contributed by atoms with E-state index in [1.807, 2.05) is 17.0 Å². The third kappa shape index (κ3) is 4.48. The summed E-state index contributed by atoms with van der Waals surface area (Å²) in [4.78, 5) is 21.9. The summed E-state index contributed by atoms with van der Waals surface area (Å²) in [5, 5.41) is 1.24. The lowest BCUT2D eigenvalue weighted by atomic mass is 9.89. The standard InChI is InChI=1S/C26H22F3N3O2/c27-26(28,29)19-7-10-24(31-15-19)34-20-8-5-18(6-9-20)25(33)32-13-11-17(12-14-32)22-16-30-23-4-2-1-3-21(22)23/h1-10,15-17,30H,11-14H2. The molecule has 5 nitrogen and oxygen atoms in total. The summed E-state index contributed by atoms with van der Waals surface area (Å²) in [6, 6.07) is 16.9. The number of fused-ring (bicyclic) bond motifs is 1. The van der Waals surface area contributed by atoms with Gasteiger partial charge in [-0.1, -0.05) is 18.2 Å². The Bertz CT molecular complexity index is 1290. The van der Waals surface area contributed by atoms with Crippen molar-refractivity contribution < 1.29 is 22.7 Å². The normalized spacial score (nSPS) is 15.0. The summed E-state index contributed by atoms with van der Waals surface area (Å²) in [5.74, 6) is 0.803. The number of alkyl halides is 3. The number of carbonyl (C=O) groups excluding carboxylic acids is 1. The first-order valence-electron chi connectivity index (χ1n) is 11.0. The van der Waals surface area contributed by atoms with Crippen molar-refractivity contribution in [2.75, 3.05) is 13.1 Å². The first-order chi connectivity index (χ1) is 16.4. The largest absolute Gasteiger partial charge is 0.439 e. The van der Waals surface area contributed by atoms with E-state index in [-0.39, 0.29) is 11.8 Å². The molecule has 0 radical (unpaired) electrons. The minimum Gasteiger partial charge on any atom is -0.439 e. The molecule has 0 bridgehead atoms. The number of nitrogens with one attached hydrogen (secondary N) is 1. The molecule has 8 heteroatoms. The van der Waals surface area contributed by atoms with Gasteiger partial charge in [-0.05, 0) is 60.7 Å². The Hall–Kier alpha value is -3.81. The number of benzene rings is 2. The number of rotatable bonds is 4. The van der Waals surface area contributed by atoms with Crippen LogP contribution in [0.1, 0.15) is 40.2 Å². The zero-order valence-electron chi connectivity index (χ0n) is 18.2. The van der Waals surface area contributed by atoms with E-state index in [0.29, 0.717) is 30.3 Å². The molecular weight excluding hydrogens is 443 g/mol. The van der Waals surface area contributed by atoms with Crippen LogP contribution >= 0.6 is 0 Å². The highest BCUT2D eigenvalue weighted by Gasteiger charge is 2.31. The van der Waals surface area contributed by atoms with Crippen LogP contribution in [0.3, 0.4) is 0 Å². The maximum atomic E-state index is 13.0. The molecule has 174 valence electrons. The SMILES string of the molecule is O=C(c1ccc(Oc2ccc(C(F)(F)F)cn2)cc1)N1CCC(c2c[nH]c3ccccc23)CC1. The van der Waals surface area contributed by atoms with Gasteiger partial charge in [0.2, 0.25) is 5.88 Å². The molecule has 3 heterocycles. The number of ether oxygens (including phenoxy) is 1. The predicted molar refractivity (Wildman–Crippen MR) is 122 cm³/mol. The Kier molecular flexibility index (Phi) is 5.73. The molecular formula is C26H22F3N3O2. The van der Waals surface area contributed by atoms with Crippen LogP contribution < -0.4 is 4.74 Å². The number of amides is 1. The summed E-state index contributed by atoms with van der Waals surface area (Å²) in [7, 11) is 0. The molecule has 0 spiro atoms. The number of likely N-dealkylation sites (tertiary alicyclic amines) is 1. The number of para-hydroxylation sites is 1. The molecule has 1 amide bonds. The highest BCUT2D eigenvalue weighted by atomic mass is 19.4. The van der Waals surface area contributed by atoms with Crippen molar-refractivity contribution in [1.82, 2.24) is 14.9 Å². The third-order valence-corrected chi connectivity index (χ3v) is 6.23. The van der Waals surface area contributed by atoms with Gasteiger partial charge in [-0.2, -0.15) is 13.2 Å². The predicted octanol–water partition coefficient (Wildman–Crippen LogP) is 6.39. The highest BCUT2D eigenvalue weighted by molar-refractivity contribution is 5.94. The van der Waals surface area contributed by atoms with Crippen molar-refractivity contribution in [3.05, 3.63) is 89.7 Å². The van der Waals surface area contributed by atoms with E-state index in [2.05, 4.69) is 28.3 Å². The minimum atomic E-state index is -4.45. The Morgan fingerprint density at radius 3 is 2.41 bits per heavy atom. The van der Waals surface area contributed by atoms with Gasteiger partial charge >= 0.3 is 6.18 Å². The molecule has 2 aromatic carbocycles. The lowest BCUT2D eigenvalue weighted by Gasteiger charge is -2.32. The van der Waals surface area contributed by atoms with Crippen LogP contribution in [0.15, 0.2) is 73.1 Å². The van der Waals surface area contributed by atoms with Gasteiger partial charge in [0.05, 0.1) is 5.56 Å². The van der Waals surface area contributed by atoms with Gasteiger partial charge in [-0.15, -0.1) is 0 Å². The second-order valence-corrected chi connectivity index (χ2v) is 8.37. The van der Waals surface area contributed by atoms with Crippen molar-refractivity contribution in [2.24, 2.45) is 0 Å². The second kappa shape index (κ2) is 8.85. The molecule has 2 aromatic heterocycles. The monoisotopic (exact) mass is 465 g/mol. The van der Waals surface area contributed by atoms with Crippen LogP contribution in [0, 0.1) is 0 Å². The molecule has 1 fully saturated rings. The van der Waals surface area contributed by atoms with Crippen molar-refractivity contribution in [3.8, 4) is 11.6 Å². The molecule has 1 aliphatic rings. The smallest absolute Gasteiger partial charge is 0.417 e. The number of pyridine rings is 1. The average molecular weight is 465 g/mol. The van der Waals surface area contributed by atoms with E-state index >= 15 is 0 Å². The number of nitrogens with zero attached hydrogens (tertiary/aromatic N) is 2. The first-order valence-corrected chi connectivity index (χ1v) is 11.0. The zero-order valence-corrected chi connectivity index (χ0v) is 18.2. The molecule has 1 aliphatic heterocycles. The quantitative estimate of drug-likeness (QED) is 0.380. The number of hydrogen-bond acceptors (Lipinski definition) is 3. The van der Waals surface area contributed by atoms with Crippen LogP contribution in [0.5, 0.6) is 11.6 Å². The number of halogens is 3. The van der Waals surface area contributed by atoms with Gasteiger partial charge in [0.15, 0.2) is 0 Å². The van der Waals surface area contributed by atoms with E-state index < -0.39 is 11.7 Å². The van der Waals surface area contributed by atoms with Crippen LogP contribution in [0.2, 0.25) is 0 Å². The van der Waals surface area contributed by atoms with E-state index in [1.54, 1.807) is 24.3 Å². The summed E-state index contributed by atoms with van der Waals surface area (Å²) >= 11 is 0. The van der Waals surface area contributed by atoms with Crippen molar-refractivity contribution in [2.45, 2.75) is 24.9 Å². The Labute approximate surface area is 194 Å². The van der Waals surface area contributed by atoms with E-state index in [1.165, 1.54) is 17.0 Å². The molecule has 1 saturated heterocycles. The van der Waals surface area contributed by atoms with Gasteiger partial charge in [0.1, 0.15) is 5.75 Å². The van der Waals surface area contributed by atoms with Gasteiger partial charge in [0.25, 0.3) is 5.91 Å². The molecule has 0 atom stereocenters. The van der Waals surface area contributed by atoms with Crippen molar-refractivity contribution in [3.63, 3.8) is 0 Å². The Balaban J connectivity index is 1.19. The summed E-state index contributed by atoms with van der Waals surface area (Å²) < 4.78 is 43.5. The van der Waals surface area contributed by atoms with Gasteiger partial charge < -0.3 is 14.6 Å². The average Bonchev–Trinajstić information content (AvgIpc) is 3.28. The summed E-state index contributed by atoms with van der Waals surface area (Å²) in [6.45, 7) is 1.35. The molecule has 0 aliphatic carbocycles. The van der Waals surface area contributed by atoms with E-state index in [9.17, 15) is 18.0 Å². The Morgan fingerprint density at radius 2 is 1.74 bits per heavy atom. The topological polar surface area (TPSA) is 58.2 Å². The number of carbonyl (C=O) groups is 1. The van der Waals surface area contributed by atoms with Crippen molar-refractivity contribution >= 4 is 16.8 Å². The fourth-order valence-electron chi connectivity index (χ4n) is 4.40. The highest BCUT2D eigenvalue weighted by Crippen LogP contribution is 2.34. The lowest BCUT2D eigenvalue weighted by Crippen LogP contribution is -2.37. The van der Waals surface area contributed by atoms with Crippen LogP contribution in [0.4, 0.5) is 13.2 Å². The number of piperidine rings is 1. The number of aromatic nitrogens is 2. The van der Waals surface area contributed by atoms with Crippen molar-refractivity contribution in [1.29, 1.82) is 0 Å². The fraction of sp³-hybridized carbons (Fsp3) is 0.231. The first kappa shape index (κ1) is 22.0. The van der Waals surface area contributed by atoms with Crippen LogP contribution in [-0.4, -0.2) is 33.9 Å². The second-order valence-electron chi connectivity index (χ2n) is 8.37. The number of hydrogen-bond donors (Lipinski definition) is 1. The molecule has 0 unspecified atom stereocenters. The summed E-state index contributed by atoms with van der Waals surface area (Å²) in [5.41, 5.74) is 2.14.